The van der Waals surface area contributed by atoms with Crippen LogP contribution in [-0.4, -0.2) is 43.9 Å². The summed E-state index contributed by atoms with van der Waals surface area (Å²) in [5.41, 5.74) is 2.18. The number of benzene rings is 3. The molecule has 1 N–H and O–H groups in total. The quantitative estimate of drug-likeness (QED) is 0.182. The SMILES string of the molecule is C[C@@H]1Cc2cc(/C(O)=C3\C(=O)C(=O)N(CCCn4ccnc4)[C@@H]3c3cccc(Oc4ccccc4)c3)ccc2O1. The minimum Gasteiger partial charge on any atom is -0.507 e. The summed E-state index contributed by atoms with van der Waals surface area (Å²) < 4.78 is 13.8. The number of carbonyl (C=O) groups is 2. The van der Waals surface area contributed by atoms with Crippen LogP contribution in [0.1, 0.15) is 36.1 Å². The molecule has 0 spiro atoms. The van der Waals surface area contributed by atoms with Crippen LogP contribution < -0.4 is 9.47 Å². The van der Waals surface area contributed by atoms with E-state index >= 15 is 0 Å². The first-order chi connectivity index (χ1) is 19.5. The number of imidazole rings is 1. The second-order valence-corrected chi connectivity index (χ2v) is 10.1. The van der Waals surface area contributed by atoms with Crippen molar-refractivity contribution in [1.82, 2.24) is 14.5 Å². The fourth-order valence-electron chi connectivity index (χ4n) is 5.40. The fourth-order valence-corrected chi connectivity index (χ4v) is 5.40. The topological polar surface area (TPSA) is 93.9 Å². The van der Waals surface area contributed by atoms with E-state index < -0.39 is 17.7 Å². The third-order valence-corrected chi connectivity index (χ3v) is 7.24. The van der Waals surface area contributed by atoms with Crippen LogP contribution in [0.15, 0.2) is 97.1 Å². The predicted octanol–water partition coefficient (Wildman–Crippen LogP) is 5.51. The number of likely N-dealkylation sites (tertiary alicyclic amines) is 1. The number of hydrogen-bond donors (Lipinski definition) is 1. The maximum absolute atomic E-state index is 13.5. The van der Waals surface area contributed by atoms with Gasteiger partial charge in [0.05, 0.1) is 17.9 Å². The zero-order valence-electron chi connectivity index (χ0n) is 22.1. The molecule has 1 saturated heterocycles. The van der Waals surface area contributed by atoms with Gasteiger partial charge in [-0.2, -0.15) is 0 Å². The first-order valence-electron chi connectivity index (χ1n) is 13.3. The van der Waals surface area contributed by atoms with E-state index in [-0.39, 0.29) is 17.4 Å². The Morgan fingerprint density at radius 1 is 1.02 bits per heavy atom. The van der Waals surface area contributed by atoms with Crippen molar-refractivity contribution >= 4 is 17.4 Å². The Bertz CT molecular complexity index is 1580. The smallest absolute Gasteiger partial charge is 0.295 e. The number of amides is 1. The van der Waals surface area contributed by atoms with Crippen molar-refractivity contribution in [2.24, 2.45) is 0 Å². The van der Waals surface area contributed by atoms with E-state index in [1.54, 1.807) is 29.6 Å². The van der Waals surface area contributed by atoms with Crippen LogP contribution in [0.2, 0.25) is 0 Å². The summed E-state index contributed by atoms with van der Waals surface area (Å²) in [6.45, 7) is 2.94. The molecule has 3 heterocycles. The second kappa shape index (κ2) is 10.7. The van der Waals surface area contributed by atoms with Crippen LogP contribution >= 0.6 is 0 Å². The van der Waals surface area contributed by atoms with E-state index in [9.17, 15) is 14.7 Å². The van der Waals surface area contributed by atoms with E-state index in [2.05, 4.69) is 4.98 Å². The zero-order chi connectivity index (χ0) is 27.6. The highest BCUT2D eigenvalue weighted by Crippen LogP contribution is 2.41. The van der Waals surface area contributed by atoms with Crippen molar-refractivity contribution in [2.75, 3.05) is 6.54 Å². The third kappa shape index (κ3) is 4.96. The van der Waals surface area contributed by atoms with E-state index in [1.165, 1.54) is 0 Å². The van der Waals surface area contributed by atoms with Crippen LogP contribution in [0.3, 0.4) is 0 Å². The maximum atomic E-state index is 13.5. The lowest BCUT2D eigenvalue weighted by molar-refractivity contribution is -0.139. The summed E-state index contributed by atoms with van der Waals surface area (Å²) in [5.74, 6) is 0.470. The van der Waals surface area contributed by atoms with Crippen LogP contribution in [0.4, 0.5) is 0 Å². The first-order valence-corrected chi connectivity index (χ1v) is 13.3. The Morgan fingerprint density at radius 3 is 2.65 bits per heavy atom. The summed E-state index contributed by atoms with van der Waals surface area (Å²) >= 11 is 0. The van der Waals surface area contributed by atoms with E-state index in [1.807, 2.05) is 78.4 Å². The molecule has 0 radical (unpaired) electrons. The molecular weight excluding hydrogens is 506 g/mol. The number of aliphatic hydroxyl groups excluding tert-OH is 1. The molecule has 0 saturated carbocycles. The van der Waals surface area contributed by atoms with Crippen molar-refractivity contribution in [3.63, 3.8) is 0 Å². The molecule has 40 heavy (non-hydrogen) atoms. The van der Waals surface area contributed by atoms with Crippen molar-refractivity contribution < 1.29 is 24.2 Å². The van der Waals surface area contributed by atoms with Crippen LogP contribution in [0, 0.1) is 0 Å². The Kier molecular flexibility index (Phi) is 6.82. The molecule has 8 heteroatoms. The normalized spacial score (nSPS) is 19.5. The van der Waals surface area contributed by atoms with Gasteiger partial charge in [0.25, 0.3) is 11.7 Å². The van der Waals surface area contributed by atoms with Crippen LogP contribution in [0.25, 0.3) is 5.76 Å². The number of aromatic nitrogens is 2. The Balaban J connectivity index is 1.38. The van der Waals surface area contributed by atoms with Crippen LogP contribution in [0.5, 0.6) is 17.2 Å². The minimum atomic E-state index is -0.773. The van der Waals surface area contributed by atoms with Gasteiger partial charge in [0.2, 0.25) is 0 Å². The van der Waals surface area contributed by atoms with Gasteiger partial charge in [0, 0.05) is 37.5 Å². The third-order valence-electron chi connectivity index (χ3n) is 7.24. The first kappa shape index (κ1) is 25.4. The van der Waals surface area contributed by atoms with Crippen molar-refractivity contribution in [3.05, 3.63) is 114 Å². The van der Waals surface area contributed by atoms with Gasteiger partial charge in [0.15, 0.2) is 0 Å². The zero-order valence-corrected chi connectivity index (χ0v) is 22.1. The van der Waals surface area contributed by atoms with Crippen molar-refractivity contribution in [3.8, 4) is 17.2 Å². The molecule has 8 nitrogen and oxygen atoms in total. The van der Waals surface area contributed by atoms with Gasteiger partial charge in [-0.3, -0.25) is 9.59 Å². The molecule has 0 aliphatic carbocycles. The Labute approximate surface area is 232 Å². The van der Waals surface area contributed by atoms with Crippen molar-refractivity contribution in [2.45, 2.75) is 38.5 Å². The molecule has 4 aromatic rings. The highest BCUT2D eigenvalue weighted by Gasteiger charge is 2.46. The summed E-state index contributed by atoms with van der Waals surface area (Å²) in [5, 5.41) is 11.5. The van der Waals surface area contributed by atoms with Gasteiger partial charge in [-0.1, -0.05) is 30.3 Å². The number of aliphatic hydroxyl groups is 1. The maximum Gasteiger partial charge on any atom is 0.295 e. The summed E-state index contributed by atoms with van der Waals surface area (Å²) in [6, 6.07) is 21.3. The lowest BCUT2D eigenvalue weighted by Gasteiger charge is -2.26. The number of ketones is 1. The van der Waals surface area contributed by atoms with Gasteiger partial charge in [0.1, 0.15) is 29.1 Å². The van der Waals surface area contributed by atoms with Gasteiger partial charge in [-0.05, 0) is 66.9 Å². The lowest BCUT2D eigenvalue weighted by atomic mass is 9.94. The molecule has 0 bridgehead atoms. The van der Waals surface area contributed by atoms with Crippen LogP contribution in [-0.2, 0) is 22.6 Å². The predicted molar refractivity (Wildman–Crippen MR) is 149 cm³/mol. The number of para-hydroxylation sites is 1. The minimum absolute atomic E-state index is 0.0424. The number of aryl methyl sites for hydroxylation is 1. The highest BCUT2D eigenvalue weighted by atomic mass is 16.5. The van der Waals surface area contributed by atoms with E-state index in [4.69, 9.17) is 9.47 Å². The molecular formula is C32H29N3O5. The average Bonchev–Trinajstić information content (AvgIpc) is 3.67. The second-order valence-electron chi connectivity index (χ2n) is 10.1. The summed E-state index contributed by atoms with van der Waals surface area (Å²) in [6.07, 6.45) is 6.63. The van der Waals surface area contributed by atoms with Gasteiger partial charge < -0.3 is 24.0 Å². The van der Waals surface area contributed by atoms with E-state index in [0.717, 1.165) is 11.3 Å². The van der Waals surface area contributed by atoms with Crippen molar-refractivity contribution in [1.29, 1.82) is 0 Å². The highest BCUT2D eigenvalue weighted by molar-refractivity contribution is 6.46. The number of Topliss-reactive ketones (excluding diaryl/α,β-unsaturated/α-hetero) is 1. The lowest BCUT2D eigenvalue weighted by Crippen LogP contribution is -2.31. The summed E-state index contributed by atoms with van der Waals surface area (Å²) in [7, 11) is 0. The molecule has 1 fully saturated rings. The molecule has 2 aliphatic heterocycles. The fraction of sp³-hybridized carbons (Fsp3) is 0.219. The Morgan fingerprint density at radius 2 is 1.85 bits per heavy atom. The number of fused-ring (bicyclic) bond motifs is 1. The molecule has 202 valence electrons. The summed E-state index contributed by atoms with van der Waals surface area (Å²) in [4.78, 5) is 32.5. The molecule has 1 amide bonds. The van der Waals surface area contributed by atoms with Gasteiger partial charge in [-0.15, -0.1) is 0 Å². The largest absolute Gasteiger partial charge is 0.507 e. The average molecular weight is 536 g/mol. The molecule has 0 unspecified atom stereocenters. The van der Waals surface area contributed by atoms with E-state index in [0.29, 0.717) is 48.6 Å². The number of rotatable bonds is 8. The molecule has 3 aromatic carbocycles. The number of carbonyl (C=O) groups excluding carboxylic acids is 2. The number of hydrogen-bond acceptors (Lipinski definition) is 6. The number of ether oxygens (including phenoxy) is 2. The molecule has 2 atom stereocenters. The monoisotopic (exact) mass is 535 g/mol. The van der Waals surface area contributed by atoms with Gasteiger partial charge in [-0.25, -0.2) is 4.98 Å². The molecule has 2 aliphatic rings. The Hall–Kier alpha value is -4.85. The number of nitrogens with zero attached hydrogens (tertiary/aromatic N) is 3. The molecule has 1 aromatic heterocycles. The van der Waals surface area contributed by atoms with Gasteiger partial charge >= 0.3 is 0 Å². The standard InChI is InChI=1S/C32H29N3O5/c1-21-17-24-18-23(11-12-27(24)39-21)30(36)28-29(22-7-5-10-26(19-22)40-25-8-3-2-4-9-25)35(32(38)31(28)37)15-6-14-34-16-13-33-20-34/h2-5,7-13,16,18-21,29,36H,6,14-15,17H2,1H3/b30-28+/t21-,29-/m1/s1. The molecule has 6 rings (SSSR count).